The summed E-state index contributed by atoms with van der Waals surface area (Å²) >= 11 is 0. The average Bonchev–Trinajstić information content (AvgIpc) is 2.98. The maximum atomic E-state index is 5.84. The first kappa shape index (κ1) is 15.4. The minimum atomic E-state index is 0.426. The first-order chi connectivity index (χ1) is 11.2. The van der Waals surface area contributed by atoms with E-state index in [9.17, 15) is 0 Å². The molecule has 1 aliphatic heterocycles. The van der Waals surface area contributed by atoms with Gasteiger partial charge in [-0.25, -0.2) is 0 Å². The lowest BCUT2D eigenvalue weighted by molar-refractivity contribution is 0.306. The number of rotatable bonds is 5. The Morgan fingerprint density at radius 3 is 2.70 bits per heavy atom. The van der Waals surface area contributed by atoms with Crippen molar-refractivity contribution in [2.75, 3.05) is 6.54 Å². The van der Waals surface area contributed by atoms with Crippen molar-refractivity contribution in [2.24, 2.45) is 4.99 Å². The second-order valence-electron chi connectivity index (χ2n) is 6.01. The van der Waals surface area contributed by atoms with Gasteiger partial charge in [-0.3, -0.25) is 4.99 Å². The molecule has 0 saturated carbocycles. The van der Waals surface area contributed by atoms with Gasteiger partial charge in [0.05, 0.1) is 6.54 Å². The Kier molecular flexibility index (Phi) is 4.81. The van der Waals surface area contributed by atoms with Gasteiger partial charge in [0.15, 0.2) is 5.96 Å². The van der Waals surface area contributed by atoms with Gasteiger partial charge in [-0.05, 0) is 37.1 Å². The highest BCUT2D eigenvalue weighted by Crippen LogP contribution is 2.15. The summed E-state index contributed by atoms with van der Waals surface area (Å²) in [6, 6.07) is 17.0. The van der Waals surface area contributed by atoms with E-state index in [-0.39, 0.29) is 0 Å². The summed E-state index contributed by atoms with van der Waals surface area (Å²) < 4.78 is 5.84. The first-order valence-electron chi connectivity index (χ1n) is 8.01. The van der Waals surface area contributed by atoms with Crippen LogP contribution in [0.2, 0.25) is 0 Å². The van der Waals surface area contributed by atoms with Gasteiger partial charge in [-0.15, -0.1) is 0 Å². The Balaban J connectivity index is 1.49. The third-order valence-electron chi connectivity index (χ3n) is 3.78. The monoisotopic (exact) mass is 309 g/mol. The van der Waals surface area contributed by atoms with Gasteiger partial charge >= 0.3 is 0 Å². The largest absolute Gasteiger partial charge is 0.489 e. The van der Waals surface area contributed by atoms with Crippen molar-refractivity contribution in [3.8, 4) is 5.75 Å². The molecule has 4 heteroatoms. The molecule has 0 amide bonds. The molecular formula is C19H23N3O. The van der Waals surface area contributed by atoms with Crippen LogP contribution in [0.5, 0.6) is 5.75 Å². The Hall–Kier alpha value is -2.49. The molecule has 4 nitrogen and oxygen atoms in total. The van der Waals surface area contributed by atoms with E-state index >= 15 is 0 Å². The minimum absolute atomic E-state index is 0.426. The van der Waals surface area contributed by atoms with Crippen LogP contribution in [-0.2, 0) is 13.2 Å². The van der Waals surface area contributed by atoms with Crippen LogP contribution in [0, 0.1) is 6.92 Å². The van der Waals surface area contributed by atoms with Gasteiger partial charge in [-0.2, -0.15) is 0 Å². The van der Waals surface area contributed by atoms with Crippen LogP contribution in [0.15, 0.2) is 53.5 Å². The summed E-state index contributed by atoms with van der Waals surface area (Å²) in [6.45, 7) is 6.41. The third-order valence-corrected chi connectivity index (χ3v) is 3.78. The molecule has 1 unspecified atom stereocenters. The van der Waals surface area contributed by atoms with Crippen molar-refractivity contribution in [2.45, 2.75) is 33.0 Å². The molecule has 2 aromatic rings. The quantitative estimate of drug-likeness (QED) is 0.892. The smallest absolute Gasteiger partial charge is 0.191 e. The number of nitrogens with one attached hydrogen (secondary N) is 2. The molecule has 0 saturated heterocycles. The maximum absolute atomic E-state index is 5.84. The van der Waals surface area contributed by atoms with E-state index in [4.69, 9.17) is 4.74 Å². The SMILES string of the molecule is Cc1cccc(COc2ccc(CNC3=NCC(C)N3)cc2)c1. The van der Waals surface area contributed by atoms with Crippen LogP contribution in [0.3, 0.4) is 0 Å². The molecule has 0 spiro atoms. The van der Waals surface area contributed by atoms with Gasteiger partial charge in [0, 0.05) is 12.6 Å². The van der Waals surface area contributed by atoms with Gasteiger partial charge in [0.1, 0.15) is 12.4 Å². The molecule has 1 aliphatic rings. The van der Waals surface area contributed by atoms with E-state index < -0.39 is 0 Å². The van der Waals surface area contributed by atoms with Crippen LogP contribution in [0.25, 0.3) is 0 Å². The highest BCUT2D eigenvalue weighted by Gasteiger charge is 2.11. The van der Waals surface area contributed by atoms with Crippen LogP contribution in [0.4, 0.5) is 0 Å². The second-order valence-corrected chi connectivity index (χ2v) is 6.01. The first-order valence-corrected chi connectivity index (χ1v) is 8.01. The van der Waals surface area contributed by atoms with Crippen molar-refractivity contribution < 1.29 is 4.74 Å². The fourth-order valence-electron chi connectivity index (χ4n) is 2.52. The normalized spacial score (nSPS) is 16.6. The Bertz CT molecular complexity index is 679. The highest BCUT2D eigenvalue weighted by molar-refractivity contribution is 5.81. The van der Waals surface area contributed by atoms with Gasteiger partial charge in [0.25, 0.3) is 0 Å². The number of hydrogen-bond donors (Lipinski definition) is 2. The number of nitrogens with zero attached hydrogens (tertiary/aromatic N) is 1. The zero-order valence-electron chi connectivity index (χ0n) is 13.7. The number of guanidine groups is 1. The van der Waals surface area contributed by atoms with E-state index in [1.807, 2.05) is 12.1 Å². The minimum Gasteiger partial charge on any atom is -0.489 e. The summed E-state index contributed by atoms with van der Waals surface area (Å²) in [5, 5.41) is 6.60. The fourth-order valence-corrected chi connectivity index (χ4v) is 2.52. The van der Waals surface area contributed by atoms with Crippen molar-refractivity contribution in [3.05, 3.63) is 65.2 Å². The topological polar surface area (TPSA) is 45.6 Å². The molecule has 0 radical (unpaired) electrons. The summed E-state index contributed by atoms with van der Waals surface area (Å²) in [6.07, 6.45) is 0. The van der Waals surface area contributed by atoms with Crippen molar-refractivity contribution >= 4 is 5.96 Å². The average molecular weight is 309 g/mol. The van der Waals surface area contributed by atoms with E-state index in [1.165, 1.54) is 16.7 Å². The van der Waals surface area contributed by atoms with E-state index in [1.54, 1.807) is 0 Å². The third kappa shape index (κ3) is 4.49. The second kappa shape index (κ2) is 7.18. The van der Waals surface area contributed by atoms with Gasteiger partial charge in [0.2, 0.25) is 0 Å². The zero-order chi connectivity index (χ0) is 16.1. The van der Waals surface area contributed by atoms with E-state index in [0.717, 1.165) is 24.8 Å². The molecular weight excluding hydrogens is 286 g/mol. The standard InChI is InChI=1S/C19H23N3O/c1-14-4-3-5-17(10-14)13-23-18-8-6-16(7-9-18)12-21-19-20-11-15(2)22-19/h3-10,15H,11-13H2,1-2H3,(H2,20,21,22). The lowest BCUT2D eigenvalue weighted by Gasteiger charge is -2.10. The molecule has 0 fully saturated rings. The van der Waals surface area contributed by atoms with Crippen LogP contribution >= 0.6 is 0 Å². The predicted molar refractivity (Wildman–Crippen MR) is 93.7 cm³/mol. The van der Waals surface area contributed by atoms with Crippen molar-refractivity contribution in [3.63, 3.8) is 0 Å². The molecule has 2 N–H and O–H groups in total. The predicted octanol–water partition coefficient (Wildman–Crippen LogP) is 3.01. The number of hydrogen-bond acceptors (Lipinski definition) is 4. The molecule has 0 aromatic heterocycles. The maximum Gasteiger partial charge on any atom is 0.191 e. The summed E-state index contributed by atoms with van der Waals surface area (Å²) in [4.78, 5) is 4.39. The van der Waals surface area contributed by atoms with Crippen molar-refractivity contribution in [1.29, 1.82) is 0 Å². The summed E-state index contributed by atoms with van der Waals surface area (Å²) in [7, 11) is 0. The lowest BCUT2D eigenvalue weighted by atomic mass is 10.1. The summed E-state index contributed by atoms with van der Waals surface area (Å²) in [5.74, 6) is 1.78. The molecule has 1 atom stereocenters. The molecule has 2 aromatic carbocycles. The Labute approximate surface area is 137 Å². The number of aliphatic imine (C=N–C) groups is 1. The van der Waals surface area contributed by atoms with Crippen LogP contribution in [-0.4, -0.2) is 18.5 Å². The van der Waals surface area contributed by atoms with Gasteiger partial charge in [-0.1, -0.05) is 42.0 Å². The Morgan fingerprint density at radius 2 is 2.00 bits per heavy atom. The van der Waals surface area contributed by atoms with Crippen molar-refractivity contribution in [1.82, 2.24) is 10.6 Å². The van der Waals surface area contributed by atoms with Crippen LogP contribution in [0.1, 0.15) is 23.6 Å². The van der Waals surface area contributed by atoms with Gasteiger partial charge < -0.3 is 15.4 Å². The fraction of sp³-hybridized carbons (Fsp3) is 0.316. The molecule has 3 rings (SSSR count). The van der Waals surface area contributed by atoms with Crippen LogP contribution < -0.4 is 15.4 Å². The van der Waals surface area contributed by atoms with E-state index in [2.05, 4.69) is 65.9 Å². The molecule has 120 valence electrons. The Morgan fingerprint density at radius 1 is 1.17 bits per heavy atom. The molecule has 0 bridgehead atoms. The lowest BCUT2D eigenvalue weighted by Crippen LogP contribution is -2.37. The number of ether oxygens (including phenoxy) is 1. The van der Waals surface area contributed by atoms with E-state index in [0.29, 0.717) is 12.6 Å². The number of aryl methyl sites for hydroxylation is 1. The molecule has 23 heavy (non-hydrogen) atoms. The zero-order valence-corrected chi connectivity index (χ0v) is 13.7. The molecule has 1 heterocycles. The summed E-state index contributed by atoms with van der Waals surface area (Å²) in [5.41, 5.74) is 3.65. The number of benzene rings is 2. The molecule has 0 aliphatic carbocycles. The highest BCUT2D eigenvalue weighted by atomic mass is 16.5.